The summed E-state index contributed by atoms with van der Waals surface area (Å²) in [7, 11) is 0. The highest BCUT2D eigenvalue weighted by molar-refractivity contribution is 5.95. The number of nitrogens with zero attached hydrogens (tertiary/aromatic N) is 2. The summed E-state index contributed by atoms with van der Waals surface area (Å²) in [5.74, 6) is -0.216. The summed E-state index contributed by atoms with van der Waals surface area (Å²) >= 11 is 0. The van der Waals surface area contributed by atoms with Crippen molar-refractivity contribution in [3.05, 3.63) is 41.6 Å². The number of carbonyl (C=O) groups is 2. The lowest BCUT2D eigenvalue weighted by atomic mass is 10.0. The van der Waals surface area contributed by atoms with Crippen LogP contribution < -0.4 is 10.6 Å². The summed E-state index contributed by atoms with van der Waals surface area (Å²) in [4.78, 5) is 24.7. The largest absolute Gasteiger partial charge is 0.459 e. The minimum atomic E-state index is -0.617. The molecule has 0 saturated carbocycles. The molecule has 0 unspecified atom stereocenters. The number of rotatable bonds is 8. The molecule has 2 aromatic heterocycles. The van der Waals surface area contributed by atoms with Gasteiger partial charge in [0.25, 0.3) is 5.91 Å². The standard InChI is InChI=1S/C19H28N4O3/c1-12(2)17(21-18(24)16-7-6-8-26-16)19(25)20-10-13(3)11-23-15(5)9-14(4)22-23/h6-9,12-13,17H,10-11H2,1-5H3,(H,20,25)(H,21,24)/t13-,17+/m1/s1. The molecular formula is C19H28N4O3. The second kappa shape index (κ2) is 8.69. The Kier molecular flexibility index (Phi) is 6.60. The normalized spacial score (nSPS) is 13.5. The number of nitrogens with one attached hydrogen (secondary N) is 2. The first-order valence-corrected chi connectivity index (χ1v) is 8.91. The lowest BCUT2D eigenvalue weighted by Crippen LogP contribution is -2.50. The van der Waals surface area contributed by atoms with Gasteiger partial charge in [0.2, 0.25) is 5.91 Å². The third kappa shape index (κ3) is 5.21. The molecule has 0 aliphatic heterocycles. The van der Waals surface area contributed by atoms with Gasteiger partial charge in [-0.3, -0.25) is 14.3 Å². The number of amides is 2. The molecule has 2 aromatic rings. The monoisotopic (exact) mass is 360 g/mol. The molecule has 0 radical (unpaired) electrons. The quantitative estimate of drug-likeness (QED) is 0.756. The molecule has 0 fully saturated rings. The summed E-state index contributed by atoms with van der Waals surface area (Å²) in [5, 5.41) is 10.1. The summed E-state index contributed by atoms with van der Waals surface area (Å²) in [6, 6.07) is 4.62. The van der Waals surface area contributed by atoms with E-state index in [0.29, 0.717) is 6.54 Å². The Balaban J connectivity index is 1.88. The molecule has 2 amide bonds. The van der Waals surface area contributed by atoms with Gasteiger partial charge in [0, 0.05) is 18.8 Å². The fourth-order valence-electron chi connectivity index (χ4n) is 2.76. The van der Waals surface area contributed by atoms with Crippen molar-refractivity contribution in [2.75, 3.05) is 6.54 Å². The summed E-state index contributed by atoms with van der Waals surface area (Å²) in [6.45, 7) is 11.1. The van der Waals surface area contributed by atoms with Crippen LogP contribution in [0.5, 0.6) is 0 Å². The first-order chi connectivity index (χ1) is 12.3. The molecular weight excluding hydrogens is 332 g/mol. The van der Waals surface area contributed by atoms with Gasteiger partial charge in [-0.15, -0.1) is 0 Å². The molecule has 2 N–H and O–H groups in total. The van der Waals surface area contributed by atoms with Gasteiger partial charge in [0.1, 0.15) is 6.04 Å². The third-order valence-corrected chi connectivity index (χ3v) is 4.19. The average molecular weight is 360 g/mol. The summed E-state index contributed by atoms with van der Waals surface area (Å²) in [6.07, 6.45) is 1.43. The molecule has 0 aromatic carbocycles. The molecule has 7 nitrogen and oxygen atoms in total. The van der Waals surface area contributed by atoms with E-state index in [-0.39, 0.29) is 29.4 Å². The van der Waals surface area contributed by atoms with Crippen LogP contribution in [0.3, 0.4) is 0 Å². The van der Waals surface area contributed by atoms with E-state index >= 15 is 0 Å². The van der Waals surface area contributed by atoms with Gasteiger partial charge >= 0.3 is 0 Å². The Morgan fingerprint density at radius 2 is 2.00 bits per heavy atom. The lowest BCUT2D eigenvalue weighted by Gasteiger charge is -2.22. The highest BCUT2D eigenvalue weighted by Crippen LogP contribution is 2.08. The zero-order valence-electron chi connectivity index (χ0n) is 16.1. The van der Waals surface area contributed by atoms with Crippen LogP contribution >= 0.6 is 0 Å². The van der Waals surface area contributed by atoms with Crippen LogP contribution in [0.1, 0.15) is 42.7 Å². The fourth-order valence-corrected chi connectivity index (χ4v) is 2.76. The van der Waals surface area contributed by atoms with E-state index in [1.54, 1.807) is 12.1 Å². The zero-order valence-corrected chi connectivity index (χ0v) is 16.1. The Morgan fingerprint density at radius 3 is 2.54 bits per heavy atom. The van der Waals surface area contributed by atoms with Gasteiger partial charge in [-0.1, -0.05) is 20.8 Å². The third-order valence-electron chi connectivity index (χ3n) is 4.19. The van der Waals surface area contributed by atoms with Gasteiger partial charge in [-0.25, -0.2) is 0 Å². The van der Waals surface area contributed by atoms with Crippen molar-refractivity contribution in [1.29, 1.82) is 0 Å². The Hall–Kier alpha value is -2.57. The second-order valence-electron chi connectivity index (χ2n) is 7.13. The minimum absolute atomic E-state index is 0.0415. The lowest BCUT2D eigenvalue weighted by molar-refractivity contribution is -0.124. The molecule has 0 spiro atoms. The Labute approximate surface area is 154 Å². The number of furan rings is 1. The van der Waals surface area contributed by atoms with Crippen LogP contribution in [0.2, 0.25) is 0 Å². The van der Waals surface area contributed by atoms with E-state index < -0.39 is 6.04 Å². The van der Waals surface area contributed by atoms with Crippen LogP contribution in [0.15, 0.2) is 28.9 Å². The highest BCUT2D eigenvalue weighted by atomic mass is 16.3. The topological polar surface area (TPSA) is 89.2 Å². The van der Waals surface area contributed by atoms with Gasteiger partial charge in [-0.05, 0) is 43.9 Å². The molecule has 142 valence electrons. The second-order valence-corrected chi connectivity index (χ2v) is 7.13. The predicted octanol–water partition coefficient (Wildman–Crippen LogP) is 2.30. The van der Waals surface area contributed by atoms with Crippen molar-refractivity contribution in [2.24, 2.45) is 11.8 Å². The molecule has 2 heterocycles. The predicted molar refractivity (Wildman–Crippen MR) is 98.7 cm³/mol. The van der Waals surface area contributed by atoms with Crippen LogP contribution in [0.4, 0.5) is 0 Å². The van der Waals surface area contributed by atoms with Gasteiger partial charge < -0.3 is 15.1 Å². The van der Waals surface area contributed by atoms with Crippen molar-refractivity contribution in [3.8, 4) is 0 Å². The van der Waals surface area contributed by atoms with E-state index in [2.05, 4.69) is 22.7 Å². The minimum Gasteiger partial charge on any atom is -0.459 e. The highest BCUT2D eigenvalue weighted by Gasteiger charge is 2.25. The Bertz CT molecular complexity index is 734. The fraction of sp³-hybridized carbons (Fsp3) is 0.526. The first kappa shape index (κ1) is 19.8. The van der Waals surface area contributed by atoms with E-state index in [4.69, 9.17) is 4.42 Å². The number of aryl methyl sites for hydroxylation is 2. The van der Waals surface area contributed by atoms with Crippen molar-refractivity contribution in [1.82, 2.24) is 20.4 Å². The Morgan fingerprint density at radius 1 is 1.27 bits per heavy atom. The maximum atomic E-state index is 12.5. The van der Waals surface area contributed by atoms with Crippen molar-refractivity contribution >= 4 is 11.8 Å². The molecule has 7 heteroatoms. The zero-order chi connectivity index (χ0) is 19.3. The average Bonchev–Trinajstić information content (AvgIpc) is 3.20. The summed E-state index contributed by atoms with van der Waals surface area (Å²) < 4.78 is 7.03. The molecule has 0 aliphatic carbocycles. The van der Waals surface area contributed by atoms with Gasteiger partial charge in [0.05, 0.1) is 12.0 Å². The van der Waals surface area contributed by atoms with E-state index in [1.165, 1.54) is 6.26 Å². The molecule has 2 rings (SSSR count). The number of carbonyl (C=O) groups excluding carboxylic acids is 2. The molecule has 26 heavy (non-hydrogen) atoms. The van der Waals surface area contributed by atoms with Crippen LogP contribution in [-0.2, 0) is 11.3 Å². The number of hydrogen-bond donors (Lipinski definition) is 2. The van der Waals surface area contributed by atoms with Gasteiger partial charge in [-0.2, -0.15) is 5.10 Å². The van der Waals surface area contributed by atoms with Crippen LogP contribution in [0.25, 0.3) is 0 Å². The first-order valence-electron chi connectivity index (χ1n) is 8.91. The van der Waals surface area contributed by atoms with Crippen LogP contribution in [-0.4, -0.2) is 34.2 Å². The van der Waals surface area contributed by atoms with Crippen molar-refractivity contribution in [3.63, 3.8) is 0 Å². The number of aromatic nitrogens is 2. The van der Waals surface area contributed by atoms with Crippen molar-refractivity contribution in [2.45, 2.75) is 47.2 Å². The van der Waals surface area contributed by atoms with Crippen LogP contribution in [0, 0.1) is 25.7 Å². The van der Waals surface area contributed by atoms with E-state index in [1.807, 2.05) is 38.4 Å². The molecule has 0 bridgehead atoms. The summed E-state index contributed by atoms with van der Waals surface area (Å²) in [5.41, 5.74) is 2.09. The SMILES string of the molecule is Cc1cc(C)n(C[C@H](C)CNC(=O)[C@@H](NC(=O)c2ccco2)C(C)C)n1. The molecule has 0 saturated heterocycles. The van der Waals surface area contributed by atoms with Crippen molar-refractivity contribution < 1.29 is 14.0 Å². The van der Waals surface area contributed by atoms with Gasteiger partial charge in [0.15, 0.2) is 5.76 Å². The smallest absolute Gasteiger partial charge is 0.287 e. The van der Waals surface area contributed by atoms with E-state index in [0.717, 1.165) is 17.9 Å². The van der Waals surface area contributed by atoms with E-state index in [9.17, 15) is 9.59 Å². The molecule has 2 atom stereocenters. The maximum Gasteiger partial charge on any atom is 0.287 e. The number of hydrogen-bond acceptors (Lipinski definition) is 4. The maximum absolute atomic E-state index is 12.5. The molecule has 0 aliphatic rings.